The molecule has 31 heavy (non-hydrogen) atoms. The van der Waals surface area contributed by atoms with Crippen LogP contribution in [0.5, 0.6) is 0 Å². The van der Waals surface area contributed by atoms with Crippen LogP contribution in [0.3, 0.4) is 0 Å². The molecule has 168 valence electrons. The predicted octanol–water partition coefficient (Wildman–Crippen LogP) is 5.37. The van der Waals surface area contributed by atoms with Gasteiger partial charge in [-0.05, 0) is 69.4 Å². The normalized spacial score (nSPS) is 22.5. The predicted molar refractivity (Wildman–Crippen MR) is 120 cm³/mol. The van der Waals surface area contributed by atoms with Crippen molar-refractivity contribution in [3.05, 3.63) is 59.3 Å². The zero-order valence-electron chi connectivity index (χ0n) is 19.0. The number of carbonyl (C=O) groups excluding carboxylic acids is 1. The summed E-state index contributed by atoms with van der Waals surface area (Å²) < 4.78 is 19.4. The monoisotopic (exact) mass is 426 g/mol. The third-order valence-corrected chi connectivity index (χ3v) is 7.03. The van der Waals surface area contributed by atoms with Crippen LogP contribution >= 0.6 is 0 Å². The summed E-state index contributed by atoms with van der Waals surface area (Å²) in [7, 11) is 0. The van der Waals surface area contributed by atoms with Gasteiger partial charge in [0.2, 0.25) is 5.91 Å². The van der Waals surface area contributed by atoms with E-state index in [1.165, 1.54) is 12.8 Å². The minimum absolute atomic E-state index is 0.184. The first kappa shape index (κ1) is 22.1. The van der Waals surface area contributed by atoms with Gasteiger partial charge in [-0.2, -0.15) is 0 Å². The number of amides is 1. The molecule has 1 aromatic carbocycles. The standard InChI is InChI=1S/C26H35FN2O2/c1-18(2)29(26(30)21-6-4-5-7-21)15-22-14-28(16-24-13-8-19(3)31-24)17-25(22)20-9-11-23(27)12-10-20/h8-13,18,21-22,25H,4-7,14-17H2,1-3H3/t22-,25-/m0/s1. The van der Waals surface area contributed by atoms with Crippen molar-refractivity contribution in [3.63, 3.8) is 0 Å². The number of carbonyl (C=O) groups is 1. The highest BCUT2D eigenvalue weighted by molar-refractivity contribution is 5.79. The van der Waals surface area contributed by atoms with Crippen LogP contribution in [0.4, 0.5) is 4.39 Å². The lowest BCUT2D eigenvalue weighted by molar-refractivity contribution is -0.137. The average molecular weight is 427 g/mol. The van der Waals surface area contributed by atoms with Gasteiger partial charge in [0.15, 0.2) is 0 Å². The van der Waals surface area contributed by atoms with E-state index in [4.69, 9.17) is 4.42 Å². The Kier molecular flexibility index (Phi) is 6.80. The van der Waals surface area contributed by atoms with Gasteiger partial charge in [0.1, 0.15) is 17.3 Å². The van der Waals surface area contributed by atoms with Crippen molar-refractivity contribution in [2.45, 2.75) is 65.0 Å². The van der Waals surface area contributed by atoms with Crippen LogP contribution in [-0.2, 0) is 11.3 Å². The molecule has 0 radical (unpaired) electrons. The molecule has 1 amide bonds. The number of hydrogen-bond donors (Lipinski definition) is 0. The maximum absolute atomic E-state index is 13.6. The number of likely N-dealkylation sites (tertiary alicyclic amines) is 1. The van der Waals surface area contributed by atoms with Gasteiger partial charge < -0.3 is 9.32 Å². The Morgan fingerprint density at radius 3 is 2.45 bits per heavy atom. The molecule has 2 fully saturated rings. The topological polar surface area (TPSA) is 36.7 Å². The van der Waals surface area contributed by atoms with E-state index in [9.17, 15) is 9.18 Å². The number of rotatable bonds is 7. The molecule has 2 atom stereocenters. The largest absolute Gasteiger partial charge is 0.465 e. The SMILES string of the molecule is Cc1ccc(CN2C[C@@H](CN(C(=O)C3CCCC3)C(C)C)[C@H](c3ccc(F)cc3)C2)o1. The van der Waals surface area contributed by atoms with Crippen molar-refractivity contribution in [2.75, 3.05) is 19.6 Å². The average Bonchev–Trinajstić information content (AvgIpc) is 3.48. The number of benzene rings is 1. The van der Waals surface area contributed by atoms with Crippen molar-refractivity contribution in [1.29, 1.82) is 0 Å². The number of furan rings is 1. The van der Waals surface area contributed by atoms with Gasteiger partial charge in [-0.3, -0.25) is 9.69 Å². The van der Waals surface area contributed by atoms with Gasteiger partial charge in [-0.25, -0.2) is 4.39 Å². The fourth-order valence-electron chi connectivity index (χ4n) is 5.37. The van der Waals surface area contributed by atoms with Gasteiger partial charge in [0, 0.05) is 37.5 Å². The molecule has 1 aromatic heterocycles. The quantitative estimate of drug-likeness (QED) is 0.597. The Bertz CT molecular complexity index is 870. The fourth-order valence-corrected chi connectivity index (χ4v) is 5.37. The van der Waals surface area contributed by atoms with E-state index in [1.54, 1.807) is 12.1 Å². The minimum Gasteiger partial charge on any atom is -0.465 e. The van der Waals surface area contributed by atoms with Gasteiger partial charge in [-0.1, -0.05) is 25.0 Å². The maximum atomic E-state index is 13.6. The lowest BCUT2D eigenvalue weighted by Gasteiger charge is -2.33. The number of aryl methyl sites for hydroxylation is 1. The third-order valence-electron chi connectivity index (χ3n) is 7.03. The van der Waals surface area contributed by atoms with Crippen LogP contribution in [-0.4, -0.2) is 41.4 Å². The Balaban J connectivity index is 1.53. The summed E-state index contributed by atoms with van der Waals surface area (Å²) in [5.74, 6) is 2.79. The summed E-state index contributed by atoms with van der Waals surface area (Å²) in [6.45, 7) is 9.52. The van der Waals surface area contributed by atoms with Crippen molar-refractivity contribution in [2.24, 2.45) is 11.8 Å². The second kappa shape index (κ2) is 9.56. The molecule has 0 N–H and O–H groups in total. The Labute approximate surface area is 185 Å². The van der Waals surface area contributed by atoms with Crippen LogP contribution in [0.15, 0.2) is 40.8 Å². The van der Waals surface area contributed by atoms with Crippen molar-refractivity contribution < 1.29 is 13.6 Å². The first-order chi connectivity index (χ1) is 14.9. The van der Waals surface area contributed by atoms with Crippen LogP contribution in [0.2, 0.25) is 0 Å². The molecule has 5 heteroatoms. The Morgan fingerprint density at radius 2 is 1.84 bits per heavy atom. The summed E-state index contributed by atoms with van der Waals surface area (Å²) in [4.78, 5) is 17.8. The summed E-state index contributed by atoms with van der Waals surface area (Å²) in [6.07, 6.45) is 4.39. The smallest absolute Gasteiger partial charge is 0.225 e. The van der Waals surface area contributed by atoms with E-state index in [-0.39, 0.29) is 23.7 Å². The molecule has 0 unspecified atom stereocenters. The maximum Gasteiger partial charge on any atom is 0.225 e. The van der Waals surface area contributed by atoms with Crippen LogP contribution < -0.4 is 0 Å². The van der Waals surface area contributed by atoms with Crippen molar-refractivity contribution >= 4 is 5.91 Å². The number of hydrogen-bond acceptors (Lipinski definition) is 3. The Morgan fingerprint density at radius 1 is 1.13 bits per heavy atom. The van der Waals surface area contributed by atoms with Crippen LogP contribution in [0.25, 0.3) is 0 Å². The molecule has 2 heterocycles. The molecule has 1 saturated heterocycles. The second-order valence-corrected chi connectivity index (χ2v) is 9.69. The van der Waals surface area contributed by atoms with Crippen molar-refractivity contribution in [1.82, 2.24) is 9.80 Å². The van der Waals surface area contributed by atoms with Gasteiger partial charge in [-0.15, -0.1) is 0 Å². The van der Waals surface area contributed by atoms with Gasteiger partial charge in [0.25, 0.3) is 0 Å². The molecule has 2 aliphatic rings. The number of halogens is 1. The fraction of sp³-hybridized carbons (Fsp3) is 0.577. The third kappa shape index (κ3) is 5.20. The highest BCUT2D eigenvalue weighted by Gasteiger charge is 2.38. The van der Waals surface area contributed by atoms with Crippen LogP contribution in [0, 0.1) is 24.6 Å². The van der Waals surface area contributed by atoms with E-state index < -0.39 is 0 Å². The summed E-state index contributed by atoms with van der Waals surface area (Å²) in [5, 5.41) is 0. The lowest BCUT2D eigenvalue weighted by atomic mass is 9.88. The Hall–Kier alpha value is -2.14. The zero-order chi connectivity index (χ0) is 22.0. The molecule has 0 bridgehead atoms. The summed E-state index contributed by atoms with van der Waals surface area (Å²) >= 11 is 0. The molecular weight excluding hydrogens is 391 g/mol. The van der Waals surface area contributed by atoms with E-state index in [1.807, 2.05) is 31.2 Å². The molecule has 2 aromatic rings. The molecule has 4 nitrogen and oxygen atoms in total. The molecule has 4 rings (SSSR count). The van der Waals surface area contributed by atoms with Crippen molar-refractivity contribution in [3.8, 4) is 0 Å². The summed E-state index contributed by atoms with van der Waals surface area (Å²) in [6, 6.07) is 11.1. The zero-order valence-corrected chi connectivity index (χ0v) is 19.0. The van der Waals surface area contributed by atoms with E-state index in [2.05, 4.69) is 23.6 Å². The lowest BCUT2D eigenvalue weighted by Crippen LogP contribution is -2.44. The number of nitrogens with zero attached hydrogens (tertiary/aromatic N) is 2. The van der Waals surface area contributed by atoms with Crippen LogP contribution in [0.1, 0.15) is 62.5 Å². The molecule has 1 saturated carbocycles. The van der Waals surface area contributed by atoms with Gasteiger partial charge >= 0.3 is 0 Å². The molecule has 1 aliphatic heterocycles. The summed E-state index contributed by atoms with van der Waals surface area (Å²) in [5.41, 5.74) is 1.15. The molecule has 0 spiro atoms. The highest BCUT2D eigenvalue weighted by Crippen LogP contribution is 2.36. The first-order valence-electron chi connectivity index (χ1n) is 11.7. The first-order valence-corrected chi connectivity index (χ1v) is 11.7. The second-order valence-electron chi connectivity index (χ2n) is 9.69. The van der Waals surface area contributed by atoms with E-state index in [0.717, 1.165) is 56.1 Å². The molecule has 1 aliphatic carbocycles. The minimum atomic E-state index is -0.207. The van der Waals surface area contributed by atoms with E-state index in [0.29, 0.717) is 11.8 Å². The van der Waals surface area contributed by atoms with Gasteiger partial charge in [0.05, 0.1) is 6.54 Å². The molecular formula is C26H35FN2O2. The van der Waals surface area contributed by atoms with E-state index >= 15 is 0 Å². The highest BCUT2D eigenvalue weighted by atomic mass is 19.1.